The topological polar surface area (TPSA) is 92.4 Å². The molecule has 5 nitrogen and oxygen atoms in total. The van der Waals surface area contributed by atoms with Crippen LogP contribution in [0.15, 0.2) is 0 Å². The Labute approximate surface area is 82.7 Å². The van der Waals surface area contributed by atoms with Gasteiger partial charge in [-0.15, -0.1) is 0 Å². The van der Waals surface area contributed by atoms with Crippen molar-refractivity contribution >= 4 is 11.9 Å². The van der Waals surface area contributed by atoms with Crippen molar-refractivity contribution < 1.29 is 14.7 Å². The van der Waals surface area contributed by atoms with Crippen LogP contribution in [0.3, 0.4) is 0 Å². The van der Waals surface area contributed by atoms with Gasteiger partial charge in [-0.3, -0.25) is 9.59 Å². The maximum absolute atomic E-state index is 10.7. The minimum Gasteiger partial charge on any atom is -0.480 e. The van der Waals surface area contributed by atoms with E-state index >= 15 is 0 Å². The number of rotatable bonds is 7. The lowest BCUT2D eigenvalue weighted by Gasteiger charge is -2.12. The second kappa shape index (κ2) is 4.95. The lowest BCUT2D eigenvalue weighted by atomic mass is 10.1. The second-order valence-corrected chi connectivity index (χ2v) is 3.75. The Kier molecular flexibility index (Phi) is 3.88. The average molecular weight is 200 g/mol. The third kappa shape index (κ3) is 4.23. The lowest BCUT2D eigenvalue weighted by molar-refractivity contribution is -0.139. The van der Waals surface area contributed by atoms with Crippen LogP contribution in [-0.2, 0) is 9.59 Å². The van der Waals surface area contributed by atoms with Gasteiger partial charge in [0, 0.05) is 6.42 Å². The monoisotopic (exact) mass is 200 g/mol. The molecule has 1 aliphatic carbocycles. The number of primary amides is 1. The second-order valence-electron chi connectivity index (χ2n) is 3.75. The van der Waals surface area contributed by atoms with Crippen LogP contribution in [0.1, 0.15) is 25.7 Å². The SMILES string of the molecule is NC(=O)CC[C@H](NCC1CC1)C(=O)O. The van der Waals surface area contributed by atoms with Crippen molar-refractivity contribution in [3.05, 3.63) is 0 Å². The molecule has 1 fully saturated rings. The molecule has 0 saturated heterocycles. The first-order chi connectivity index (χ1) is 6.59. The first kappa shape index (κ1) is 11.0. The summed E-state index contributed by atoms with van der Waals surface area (Å²) < 4.78 is 0. The van der Waals surface area contributed by atoms with Crippen molar-refractivity contribution in [1.29, 1.82) is 0 Å². The van der Waals surface area contributed by atoms with E-state index in [1.165, 1.54) is 12.8 Å². The molecule has 0 aromatic rings. The van der Waals surface area contributed by atoms with Gasteiger partial charge in [0.05, 0.1) is 0 Å². The Morgan fingerprint density at radius 1 is 1.50 bits per heavy atom. The third-order valence-electron chi connectivity index (χ3n) is 2.33. The fraction of sp³-hybridized carbons (Fsp3) is 0.778. The molecular formula is C9H16N2O3. The summed E-state index contributed by atoms with van der Waals surface area (Å²) in [5.41, 5.74) is 4.95. The van der Waals surface area contributed by atoms with E-state index in [0.717, 1.165) is 6.54 Å². The van der Waals surface area contributed by atoms with Crippen molar-refractivity contribution in [3.8, 4) is 0 Å². The number of nitrogens with one attached hydrogen (secondary N) is 1. The molecule has 5 heteroatoms. The van der Waals surface area contributed by atoms with Crippen LogP contribution in [0.2, 0.25) is 0 Å². The van der Waals surface area contributed by atoms with Crippen LogP contribution in [0.25, 0.3) is 0 Å². The Hall–Kier alpha value is -1.10. The molecule has 0 bridgehead atoms. The van der Waals surface area contributed by atoms with Gasteiger partial charge in [0.25, 0.3) is 0 Å². The van der Waals surface area contributed by atoms with Crippen LogP contribution in [0, 0.1) is 5.92 Å². The highest BCUT2D eigenvalue weighted by Crippen LogP contribution is 2.27. The first-order valence-electron chi connectivity index (χ1n) is 4.84. The maximum atomic E-state index is 10.7. The standard InChI is InChI=1S/C9H16N2O3/c10-8(12)4-3-7(9(13)14)11-5-6-1-2-6/h6-7,11H,1-5H2,(H2,10,12)(H,13,14)/t7-/m0/s1. The Balaban J connectivity index is 2.22. The highest BCUT2D eigenvalue weighted by Gasteiger charge is 2.24. The lowest BCUT2D eigenvalue weighted by Crippen LogP contribution is -2.38. The smallest absolute Gasteiger partial charge is 0.320 e. The van der Waals surface area contributed by atoms with Gasteiger partial charge in [-0.05, 0) is 31.7 Å². The van der Waals surface area contributed by atoms with Gasteiger partial charge in [0.1, 0.15) is 6.04 Å². The number of nitrogens with two attached hydrogens (primary N) is 1. The molecule has 80 valence electrons. The Morgan fingerprint density at radius 2 is 2.14 bits per heavy atom. The summed E-state index contributed by atoms with van der Waals surface area (Å²) >= 11 is 0. The number of carboxylic acids is 1. The van der Waals surface area contributed by atoms with Gasteiger partial charge in [0.15, 0.2) is 0 Å². The number of carboxylic acid groups (broad SMARTS) is 1. The number of carbonyl (C=O) groups is 2. The van der Waals surface area contributed by atoms with E-state index in [4.69, 9.17) is 10.8 Å². The summed E-state index contributed by atoms with van der Waals surface area (Å²) in [6.07, 6.45) is 2.75. The number of hydrogen-bond acceptors (Lipinski definition) is 3. The maximum Gasteiger partial charge on any atom is 0.320 e. The van der Waals surface area contributed by atoms with E-state index < -0.39 is 17.9 Å². The summed E-state index contributed by atoms with van der Waals surface area (Å²) in [5, 5.41) is 11.7. The van der Waals surface area contributed by atoms with Gasteiger partial charge < -0.3 is 16.2 Å². The van der Waals surface area contributed by atoms with Crippen LogP contribution < -0.4 is 11.1 Å². The van der Waals surface area contributed by atoms with Crippen molar-refractivity contribution in [2.75, 3.05) is 6.54 Å². The molecule has 1 rings (SSSR count). The summed E-state index contributed by atoms with van der Waals surface area (Å²) in [5.74, 6) is -0.734. The molecule has 0 aromatic carbocycles. The molecule has 14 heavy (non-hydrogen) atoms. The fourth-order valence-corrected chi connectivity index (χ4v) is 1.23. The molecule has 1 amide bonds. The molecule has 4 N–H and O–H groups in total. The van der Waals surface area contributed by atoms with Crippen molar-refractivity contribution in [2.24, 2.45) is 11.7 Å². The summed E-state index contributed by atoms with van der Waals surface area (Å²) in [4.78, 5) is 21.2. The summed E-state index contributed by atoms with van der Waals surface area (Å²) in [6.45, 7) is 0.732. The van der Waals surface area contributed by atoms with Crippen LogP contribution in [-0.4, -0.2) is 29.6 Å². The molecule has 0 unspecified atom stereocenters. The minimum atomic E-state index is -0.910. The van der Waals surface area contributed by atoms with Crippen molar-refractivity contribution in [2.45, 2.75) is 31.7 Å². The molecule has 1 aliphatic rings. The molecule has 0 heterocycles. The minimum absolute atomic E-state index is 0.120. The van der Waals surface area contributed by atoms with E-state index in [1.54, 1.807) is 0 Å². The molecule has 0 radical (unpaired) electrons. The zero-order valence-electron chi connectivity index (χ0n) is 8.03. The normalized spacial score (nSPS) is 17.7. The largest absolute Gasteiger partial charge is 0.480 e. The number of hydrogen-bond donors (Lipinski definition) is 3. The number of aliphatic carboxylic acids is 1. The van der Waals surface area contributed by atoms with E-state index in [9.17, 15) is 9.59 Å². The molecule has 0 aliphatic heterocycles. The molecule has 0 aromatic heterocycles. The molecular weight excluding hydrogens is 184 g/mol. The van der Waals surface area contributed by atoms with Crippen LogP contribution >= 0.6 is 0 Å². The van der Waals surface area contributed by atoms with E-state index in [-0.39, 0.29) is 12.8 Å². The predicted octanol–water partition coefficient (Wildman–Crippen LogP) is -0.295. The first-order valence-corrected chi connectivity index (χ1v) is 4.84. The van der Waals surface area contributed by atoms with Gasteiger partial charge in [-0.25, -0.2) is 0 Å². The van der Waals surface area contributed by atoms with E-state index in [1.807, 2.05) is 0 Å². The summed E-state index contributed by atoms with van der Waals surface area (Å²) in [6, 6.07) is -0.636. The molecule has 0 spiro atoms. The van der Waals surface area contributed by atoms with Crippen molar-refractivity contribution in [1.82, 2.24) is 5.32 Å². The van der Waals surface area contributed by atoms with Crippen LogP contribution in [0.5, 0.6) is 0 Å². The van der Waals surface area contributed by atoms with Crippen molar-refractivity contribution in [3.63, 3.8) is 0 Å². The zero-order valence-corrected chi connectivity index (χ0v) is 8.03. The number of carbonyl (C=O) groups excluding carboxylic acids is 1. The number of amides is 1. The zero-order chi connectivity index (χ0) is 10.6. The Morgan fingerprint density at radius 3 is 2.57 bits per heavy atom. The highest BCUT2D eigenvalue weighted by atomic mass is 16.4. The quantitative estimate of drug-likeness (QED) is 0.526. The predicted molar refractivity (Wildman–Crippen MR) is 50.6 cm³/mol. The average Bonchev–Trinajstić information content (AvgIpc) is 2.86. The third-order valence-corrected chi connectivity index (χ3v) is 2.33. The van der Waals surface area contributed by atoms with Gasteiger partial charge in [0.2, 0.25) is 5.91 Å². The Bertz CT molecular complexity index is 226. The van der Waals surface area contributed by atoms with Gasteiger partial charge in [-0.1, -0.05) is 0 Å². The van der Waals surface area contributed by atoms with Gasteiger partial charge in [-0.2, -0.15) is 0 Å². The molecule has 1 saturated carbocycles. The summed E-state index contributed by atoms with van der Waals surface area (Å²) in [7, 11) is 0. The van der Waals surface area contributed by atoms with Gasteiger partial charge >= 0.3 is 5.97 Å². The van der Waals surface area contributed by atoms with E-state index in [2.05, 4.69) is 5.32 Å². The van der Waals surface area contributed by atoms with E-state index in [0.29, 0.717) is 5.92 Å². The van der Waals surface area contributed by atoms with Crippen LogP contribution in [0.4, 0.5) is 0 Å². The fourth-order valence-electron chi connectivity index (χ4n) is 1.23. The molecule has 1 atom stereocenters. The highest BCUT2D eigenvalue weighted by molar-refractivity contribution is 5.77.